The van der Waals surface area contributed by atoms with Crippen molar-refractivity contribution in [1.29, 1.82) is 0 Å². The zero-order chi connectivity index (χ0) is 20.1. The molecule has 0 saturated heterocycles. The van der Waals surface area contributed by atoms with Gasteiger partial charge in [0.15, 0.2) is 11.5 Å². The average Bonchev–Trinajstić information content (AvgIpc) is 2.67. The van der Waals surface area contributed by atoms with Crippen molar-refractivity contribution in [2.45, 2.75) is 13.0 Å². The highest BCUT2D eigenvalue weighted by molar-refractivity contribution is 5.90. The van der Waals surface area contributed by atoms with E-state index < -0.39 is 17.2 Å². The molecule has 2 aromatic rings. The Labute approximate surface area is 156 Å². The summed E-state index contributed by atoms with van der Waals surface area (Å²) in [6.07, 6.45) is 2.16. The van der Waals surface area contributed by atoms with Crippen LogP contribution in [0.4, 0.5) is 0 Å². The van der Waals surface area contributed by atoms with Crippen molar-refractivity contribution < 1.29 is 19.0 Å². The predicted octanol–water partition coefficient (Wildman–Crippen LogP) is 1.19. The number of carbonyl (C=O) groups excluding carboxylic acids is 1. The van der Waals surface area contributed by atoms with Gasteiger partial charge in [-0.3, -0.25) is 13.9 Å². The highest BCUT2D eigenvalue weighted by Crippen LogP contribution is 2.33. The van der Waals surface area contributed by atoms with Crippen molar-refractivity contribution in [3.63, 3.8) is 0 Å². The number of hydrogen-bond acceptors (Lipinski definition) is 6. The fourth-order valence-electron chi connectivity index (χ4n) is 2.61. The monoisotopic (exact) mass is 374 g/mol. The maximum atomic E-state index is 12.5. The summed E-state index contributed by atoms with van der Waals surface area (Å²) in [5.41, 5.74) is 0.317. The molecule has 0 bridgehead atoms. The van der Waals surface area contributed by atoms with Gasteiger partial charge in [-0.25, -0.2) is 9.59 Å². The van der Waals surface area contributed by atoms with E-state index in [4.69, 9.17) is 14.2 Å². The van der Waals surface area contributed by atoms with Crippen molar-refractivity contribution in [2.24, 2.45) is 14.1 Å². The summed E-state index contributed by atoms with van der Waals surface area (Å²) in [4.78, 5) is 36.2. The second kappa shape index (κ2) is 8.39. The van der Waals surface area contributed by atoms with Gasteiger partial charge in [-0.05, 0) is 18.6 Å². The molecule has 1 aromatic heterocycles. The van der Waals surface area contributed by atoms with Crippen LogP contribution in [-0.2, 0) is 31.9 Å². The van der Waals surface area contributed by atoms with Crippen LogP contribution in [0.1, 0.15) is 21.6 Å². The highest BCUT2D eigenvalue weighted by Gasteiger charge is 2.17. The van der Waals surface area contributed by atoms with Crippen molar-refractivity contribution in [3.8, 4) is 11.5 Å². The molecule has 0 aliphatic carbocycles. The van der Waals surface area contributed by atoms with Gasteiger partial charge in [-0.15, -0.1) is 6.58 Å². The third kappa shape index (κ3) is 4.11. The maximum absolute atomic E-state index is 12.5. The van der Waals surface area contributed by atoms with Gasteiger partial charge in [0.2, 0.25) is 0 Å². The topological polar surface area (TPSA) is 88.8 Å². The molecule has 8 nitrogen and oxygen atoms in total. The van der Waals surface area contributed by atoms with Crippen molar-refractivity contribution >= 4 is 5.97 Å². The lowest BCUT2D eigenvalue weighted by molar-refractivity contribution is 0.0462. The van der Waals surface area contributed by atoms with Gasteiger partial charge in [-0.1, -0.05) is 6.08 Å². The van der Waals surface area contributed by atoms with Crippen LogP contribution in [0.25, 0.3) is 0 Å². The molecule has 1 aromatic carbocycles. The minimum absolute atomic E-state index is 0.216. The molecule has 0 radical (unpaired) electrons. The molecular weight excluding hydrogens is 352 g/mol. The molecule has 0 unspecified atom stereocenters. The number of rotatable bonds is 7. The fourth-order valence-corrected chi connectivity index (χ4v) is 2.61. The molecule has 0 amide bonds. The van der Waals surface area contributed by atoms with E-state index in [2.05, 4.69) is 6.58 Å². The van der Waals surface area contributed by atoms with Gasteiger partial charge in [0.1, 0.15) is 6.61 Å². The largest absolute Gasteiger partial charge is 0.493 e. The SMILES string of the molecule is C=CCc1cc(C(=O)OCc2cc(=O)n(C)c(=O)n2C)cc(OC)c1OC. The molecule has 27 heavy (non-hydrogen) atoms. The van der Waals surface area contributed by atoms with Gasteiger partial charge in [0, 0.05) is 25.7 Å². The van der Waals surface area contributed by atoms with E-state index in [1.54, 1.807) is 12.1 Å². The van der Waals surface area contributed by atoms with Crippen molar-refractivity contribution in [2.75, 3.05) is 14.2 Å². The molecule has 0 saturated carbocycles. The minimum Gasteiger partial charge on any atom is -0.493 e. The number of carbonyl (C=O) groups is 1. The van der Waals surface area contributed by atoms with E-state index in [0.717, 1.165) is 10.1 Å². The molecule has 0 aliphatic rings. The van der Waals surface area contributed by atoms with Crippen LogP contribution in [0.5, 0.6) is 11.5 Å². The first kappa shape index (κ1) is 20.0. The van der Waals surface area contributed by atoms with Gasteiger partial charge < -0.3 is 14.2 Å². The van der Waals surface area contributed by atoms with E-state index in [1.165, 1.54) is 45.0 Å². The van der Waals surface area contributed by atoms with Crippen LogP contribution in [0, 0.1) is 0 Å². The summed E-state index contributed by atoms with van der Waals surface area (Å²) < 4.78 is 18.1. The number of hydrogen-bond donors (Lipinski definition) is 0. The van der Waals surface area contributed by atoms with Crippen molar-refractivity contribution in [1.82, 2.24) is 9.13 Å². The lowest BCUT2D eigenvalue weighted by Gasteiger charge is -2.14. The Bertz CT molecular complexity index is 987. The molecule has 144 valence electrons. The average molecular weight is 374 g/mol. The number of aromatic nitrogens is 2. The molecule has 0 atom stereocenters. The molecule has 0 spiro atoms. The Balaban J connectivity index is 2.31. The van der Waals surface area contributed by atoms with E-state index in [1.807, 2.05) is 0 Å². The number of esters is 1. The van der Waals surface area contributed by atoms with E-state index in [0.29, 0.717) is 23.6 Å². The van der Waals surface area contributed by atoms with Gasteiger partial charge in [0.05, 0.1) is 25.5 Å². The number of benzene rings is 1. The van der Waals surface area contributed by atoms with Crippen LogP contribution < -0.4 is 20.7 Å². The van der Waals surface area contributed by atoms with E-state index >= 15 is 0 Å². The summed E-state index contributed by atoms with van der Waals surface area (Å²) in [7, 11) is 5.87. The Morgan fingerprint density at radius 1 is 1.11 bits per heavy atom. The van der Waals surface area contributed by atoms with E-state index in [9.17, 15) is 14.4 Å². The zero-order valence-electron chi connectivity index (χ0n) is 15.8. The minimum atomic E-state index is -0.616. The molecule has 8 heteroatoms. The Morgan fingerprint density at radius 3 is 2.41 bits per heavy atom. The zero-order valence-corrected chi connectivity index (χ0v) is 15.8. The number of ether oxygens (including phenoxy) is 3. The normalized spacial score (nSPS) is 10.4. The van der Waals surface area contributed by atoms with Crippen LogP contribution in [0.2, 0.25) is 0 Å². The second-order valence-corrected chi connectivity index (χ2v) is 5.81. The Kier molecular flexibility index (Phi) is 6.23. The van der Waals surface area contributed by atoms with Crippen LogP contribution in [-0.4, -0.2) is 29.3 Å². The predicted molar refractivity (Wildman–Crippen MR) is 99.5 cm³/mol. The third-order valence-electron chi connectivity index (χ3n) is 4.13. The summed E-state index contributed by atoms with van der Waals surface area (Å²) >= 11 is 0. The van der Waals surface area contributed by atoms with Gasteiger partial charge in [0.25, 0.3) is 5.56 Å². The standard InChI is InChI=1S/C19H22N2O6/c1-6-7-12-8-13(9-15(25-4)17(12)26-5)18(23)27-11-14-10-16(22)21(3)19(24)20(14)2/h6,8-10H,1,7,11H2,2-5H3. The van der Waals surface area contributed by atoms with Crippen molar-refractivity contribution in [3.05, 3.63) is 68.5 Å². The first-order valence-electron chi connectivity index (χ1n) is 8.12. The molecule has 0 N–H and O–H groups in total. The number of allylic oxidation sites excluding steroid dienone is 1. The number of methoxy groups -OCH3 is 2. The molecular formula is C19H22N2O6. The first-order chi connectivity index (χ1) is 12.8. The third-order valence-corrected chi connectivity index (χ3v) is 4.13. The fraction of sp³-hybridized carbons (Fsp3) is 0.316. The van der Waals surface area contributed by atoms with Gasteiger partial charge >= 0.3 is 11.7 Å². The smallest absolute Gasteiger partial charge is 0.338 e. The summed E-state index contributed by atoms with van der Waals surface area (Å²) in [6.45, 7) is 3.48. The van der Waals surface area contributed by atoms with E-state index in [-0.39, 0.29) is 12.2 Å². The molecule has 1 heterocycles. The highest BCUT2D eigenvalue weighted by atomic mass is 16.5. The molecule has 2 rings (SSSR count). The summed E-state index contributed by atoms with van der Waals surface area (Å²) in [5, 5.41) is 0. The second-order valence-electron chi connectivity index (χ2n) is 5.81. The van der Waals surface area contributed by atoms with Gasteiger partial charge in [-0.2, -0.15) is 0 Å². The Morgan fingerprint density at radius 2 is 1.81 bits per heavy atom. The lowest BCUT2D eigenvalue weighted by Crippen LogP contribution is -2.38. The lowest BCUT2D eigenvalue weighted by atomic mass is 10.1. The Hall–Kier alpha value is -3.29. The summed E-state index contributed by atoms with van der Waals surface area (Å²) in [5.74, 6) is 0.294. The van der Waals surface area contributed by atoms with Crippen LogP contribution in [0.3, 0.4) is 0 Å². The molecule has 0 fully saturated rings. The summed E-state index contributed by atoms with van der Waals surface area (Å²) in [6, 6.07) is 4.40. The maximum Gasteiger partial charge on any atom is 0.338 e. The quantitative estimate of drug-likeness (QED) is 0.534. The first-order valence-corrected chi connectivity index (χ1v) is 8.12. The van der Waals surface area contributed by atoms with Crippen LogP contribution >= 0.6 is 0 Å². The molecule has 0 aliphatic heterocycles. The van der Waals surface area contributed by atoms with Crippen LogP contribution in [0.15, 0.2) is 40.4 Å². The number of nitrogens with zero attached hydrogens (tertiary/aromatic N) is 2.